The van der Waals surface area contributed by atoms with Crippen LogP contribution in [0.25, 0.3) is 0 Å². The van der Waals surface area contributed by atoms with Crippen molar-refractivity contribution in [1.29, 1.82) is 0 Å². The SMILES string of the molecule is COc1ccc(CCN2CCC(O)(c3cn[nH]n3)C2)cc1. The second-order valence-corrected chi connectivity index (χ2v) is 5.51. The standard InChI is InChI=1S/C15H20N4O2/c1-21-13-4-2-12(3-5-13)6-8-19-9-7-15(20,11-19)14-10-16-18-17-14/h2-5,10,20H,6-9,11H2,1H3,(H,16,17,18). The minimum absolute atomic E-state index is 0.607. The summed E-state index contributed by atoms with van der Waals surface area (Å²) in [4.78, 5) is 2.26. The van der Waals surface area contributed by atoms with Crippen LogP contribution in [0.1, 0.15) is 17.7 Å². The highest BCUT2D eigenvalue weighted by atomic mass is 16.5. The molecule has 1 fully saturated rings. The Morgan fingerprint density at radius 3 is 2.86 bits per heavy atom. The van der Waals surface area contributed by atoms with Crippen molar-refractivity contribution in [3.05, 3.63) is 41.7 Å². The molecule has 6 nitrogen and oxygen atoms in total. The minimum atomic E-state index is -0.868. The zero-order valence-electron chi connectivity index (χ0n) is 12.1. The first kappa shape index (κ1) is 14.0. The van der Waals surface area contributed by atoms with Crippen LogP contribution in [0.15, 0.2) is 30.5 Å². The van der Waals surface area contributed by atoms with Gasteiger partial charge in [0.05, 0.1) is 13.3 Å². The largest absolute Gasteiger partial charge is 0.497 e. The fourth-order valence-electron chi connectivity index (χ4n) is 2.78. The van der Waals surface area contributed by atoms with Crippen LogP contribution in [0.5, 0.6) is 5.75 Å². The van der Waals surface area contributed by atoms with Gasteiger partial charge >= 0.3 is 0 Å². The minimum Gasteiger partial charge on any atom is -0.497 e. The first-order valence-electron chi connectivity index (χ1n) is 7.13. The third-order valence-electron chi connectivity index (χ3n) is 4.09. The number of H-pyrrole nitrogens is 1. The van der Waals surface area contributed by atoms with Gasteiger partial charge in [-0.3, -0.25) is 4.90 Å². The summed E-state index contributed by atoms with van der Waals surface area (Å²) in [6.07, 6.45) is 3.26. The third kappa shape index (κ3) is 3.06. The second-order valence-electron chi connectivity index (χ2n) is 5.51. The van der Waals surface area contributed by atoms with Gasteiger partial charge in [-0.15, -0.1) is 0 Å². The number of likely N-dealkylation sites (tertiary alicyclic amines) is 1. The summed E-state index contributed by atoms with van der Waals surface area (Å²) in [6.45, 7) is 2.40. The summed E-state index contributed by atoms with van der Waals surface area (Å²) < 4.78 is 5.16. The second kappa shape index (κ2) is 5.83. The number of aromatic nitrogens is 3. The molecule has 1 aromatic carbocycles. The van der Waals surface area contributed by atoms with Crippen LogP contribution >= 0.6 is 0 Å². The van der Waals surface area contributed by atoms with E-state index in [9.17, 15) is 5.11 Å². The number of nitrogens with zero attached hydrogens (tertiary/aromatic N) is 3. The van der Waals surface area contributed by atoms with Crippen molar-refractivity contribution in [2.75, 3.05) is 26.7 Å². The van der Waals surface area contributed by atoms with Gasteiger partial charge < -0.3 is 9.84 Å². The Morgan fingerprint density at radius 1 is 1.38 bits per heavy atom. The molecule has 21 heavy (non-hydrogen) atoms. The van der Waals surface area contributed by atoms with Crippen molar-refractivity contribution in [2.45, 2.75) is 18.4 Å². The Bertz CT molecular complexity index is 570. The Balaban J connectivity index is 1.55. The summed E-state index contributed by atoms with van der Waals surface area (Å²) >= 11 is 0. The van der Waals surface area contributed by atoms with E-state index in [1.54, 1.807) is 13.3 Å². The molecule has 2 N–H and O–H groups in total. The van der Waals surface area contributed by atoms with Crippen molar-refractivity contribution >= 4 is 0 Å². The van der Waals surface area contributed by atoms with Gasteiger partial charge in [-0.1, -0.05) is 12.1 Å². The van der Waals surface area contributed by atoms with Crippen LogP contribution in [0, 0.1) is 0 Å². The zero-order chi connectivity index (χ0) is 14.7. The molecule has 2 heterocycles. The molecule has 1 unspecified atom stereocenters. The Kier molecular flexibility index (Phi) is 3.90. The number of benzene rings is 1. The molecule has 0 spiro atoms. The number of hydrogen-bond donors (Lipinski definition) is 2. The molecular formula is C15H20N4O2. The summed E-state index contributed by atoms with van der Waals surface area (Å²) in [7, 11) is 1.67. The van der Waals surface area contributed by atoms with Gasteiger partial charge in [0.25, 0.3) is 0 Å². The molecule has 2 aromatic rings. The summed E-state index contributed by atoms with van der Waals surface area (Å²) in [6, 6.07) is 8.12. The lowest BCUT2D eigenvalue weighted by atomic mass is 10.00. The maximum atomic E-state index is 10.6. The summed E-state index contributed by atoms with van der Waals surface area (Å²) in [5, 5.41) is 21.0. The highest BCUT2D eigenvalue weighted by Gasteiger charge is 2.39. The third-order valence-corrected chi connectivity index (χ3v) is 4.09. The van der Waals surface area contributed by atoms with Gasteiger partial charge in [0, 0.05) is 19.6 Å². The van der Waals surface area contributed by atoms with Crippen molar-refractivity contribution in [3.63, 3.8) is 0 Å². The molecule has 0 saturated carbocycles. The average Bonchev–Trinajstić information content (AvgIpc) is 3.16. The van der Waals surface area contributed by atoms with Gasteiger partial charge in [0.1, 0.15) is 17.0 Å². The predicted molar refractivity (Wildman–Crippen MR) is 78.0 cm³/mol. The van der Waals surface area contributed by atoms with Crippen molar-refractivity contribution in [1.82, 2.24) is 20.3 Å². The molecule has 3 rings (SSSR count). The van der Waals surface area contributed by atoms with Crippen molar-refractivity contribution < 1.29 is 9.84 Å². The van der Waals surface area contributed by atoms with Gasteiger partial charge in [-0.2, -0.15) is 15.4 Å². The summed E-state index contributed by atoms with van der Waals surface area (Å²) in [5.74, 6) is 0.875. The Morgan fingerprint density at radius 2 is 2.19 bits per heavy atom. The number of aliphatic hydroxyl groups is 1. The van der Waals surface area contributed by atoms with Crippen molar-refractivity contribution in [3.8, 4) is 5.75 Å². The van der Waals surface area contributed by atoms with Crippen LogP contribution in [0.4, 0.5) is 0 Å². The van der Waals surface area contributed by atoms with E-state index in [0.29, 0.717) is 18.7 Å². The number of methoxy groups -OCH3 is 1. The molecule has 0 radical (unpaired) electrons. The normalized spacial score (nSPS) is 22.6. The van der Waals surface area contributed by atoms with Crippen LogP contribution in [0.3, 0.4) is 0 Å². The topological polar surface area (TPSA) is 74.3 Å². The molecule has 0 aliphatic carbocycles. The Labute approximate surface area is 123 Å². The smallest absolute Gasteiger partial charge is 0.124 e. The molecular weight excluding hydrogens is 268 g/mol. The van der Waals surface area contributed by atoms with E-state index in [1.807, 2.05) is 12.1 Å². The number of rotatable bonds is 5. The fourth-order valence-corrected chi connectivity index (χ4v) is 2.78. The zero-order valence-corrected chi connectivity index (χ0v) is 12.1. The van der Waals surface area contributed by atoms with E-state index < -0.39 is 5.60 Å². The van der Waals surface area contributed by atoms with E-state index in [0.717, 1.165) is 25.3 Å². The molecule has 1 aromatic heterocycles. The maximum absolute atomic E-state index is 10.6. The number of hydrogen-bond acceptors (Lipinski definition) is 5. The van der Waals surface area contributed by atoms with Crippen LogP contribution in [-0.4, -0.2) is 52.2 Å². The van der Waals surface area contributed by atoms with Crippen LogP contribution in [0.2, 0.25) is 0 Å². The lowest BCUT2D eigenvalue weighted by molar-refractivity contribution is 0.0418. The quantitative estimate of drug-likeness (QED) is 0.857. The Hall–Kier alpha value is -1.92. The lowest BCUT2D eigenvalue weighted by Crippen LogP contribution is -2.32. The van der Waals surface area contributed by atoms with Gasteiger partial charge in [-0.25, -0.2) is 0 Å². The van der Waals surface area contributed by atoms with E-state index in [-0.39, 0.29) is 0 Å². The molecule has 1 aliphatic rings. The van der Waals surface area contributed by atoms with E-state index in [1.165, 1.54) is 5.56 Å². The molecule has 1 saturated heterocycles. The van der Waals surface area contributed by atoms with E-state index in [2.05, 4.69) is 32.4 Å². The molecule has 1 aliphatic heterocycles. The number of ether oxygens (including phenoxy) is 1. The summed E-state index contributed by atoms with van der Waals surface area (Å²) in [5.41, 5.74) is 1.04. The number of nitrogens with one attached hydrogen (secondary N) is 1. The number of aromatic amines is 1. The average molecular weight is 288 g/mol. The molecule has 0 bridgehead atoms. The lowest BCUT2D eigenvalue weighted by Gasteiger charge is -2.21. The van der Waals surface area contributed by atoms with Crippen LogP contribution in [-0.2, 0) is 12.0 Å². The molecule has 1 atom stereocenters. The number of β-amino-alcohol motifs (C(OH)–C–C–N with tert-alkyl or cyclic N) is 1. The predicted octanol–water partition coefficient (Wildman–Crippen LogP) is 0.949. The van der Waals surface area contributed by atoms with E-state index >= 15 is 0 Å². The molecule has 6 heteroatoms. The van der Waals surface area contributed by atoms with Gasteiger partial charge in [0.15, 0.2) is 0 Å². The molecule has 112 valence electrons. The maximum Gasteiger partial charge on any atom is 0.124 e. The monoisotopic (exact) mass is 288 g/mol. The first-order valence-corrected chi connectivity index (χ1v) is 7.13. The van der Waals surface area contributed by atoms with E-state index in [4.69, 9.17) is 4.74 Å². The highest BCUT2D eigenvalue weighted by molar-refractivity contribution is 5.27. The van der Waals surface area contributed by atoms with Crippen molar-refractivity contribution in [2.24, 2.45) is 0 Å². The van der Waals surface area contributed by atoms with Gasteiger partial charge in [0.2, 0.25) is 0 Å². The van der Waals surface area contributed by atoms with Gasteiger partial charge in [-0.05, 0) is 30.5 Å². The van der Waals surface area contributed by atoms with Crippen LogP contribution < -0.4 is 4.74 Å². The highest BCUT2D eigenvalue weighted by Crippen LogP contribution is 2.30. The molecule has 0 amide bonds. The fraction of sp³-hybridized carbons (Fsp3) is 0.467. The first-order chi connectivity index (χ1) is 10.2.